The maximum absolute atomic E-state index is 5.86. The van der Waals surface area contributed by atoms with Gasteiger partial charge in [0.1, 0.15) is 0 Å². The molecule has 20 heavy (non-hydrogen) atoms. The summed E-state index contributed by atoms with van der Waals surface area (Å²) in [5.74, 6) is 1.53. The van der Waals surface area contributed by atoms with Crippen molar-refractivity contribution >= 4 is 0 Å². The molecule has 1 saturated heterocycles. The lowest BCUT2D eigenvalue weighted by molar-refractivity contribution is 0.0782. The van der Waals surface area contributed by atoms with E-state index in [1.807, 2.05) is 12.1 Å². The summed E-state index contributed by atoms with van der Waals surface area (Å²) >= 11 is 0. The van der Waals surface area contributed by atoms with Gasteiger partial charge >= 0.3 is 0 Å². The van der Waals surface area contributed by atoms with Gasteiger partial charge in [0.2, 0.25) is 0 Å². The number of methoxy groups -OCH3 is 2. The third-order valence-corrected chi connectivity index (χ3v) is 3.72. The Morgan fingerprint density at radius 1 is 1.30 bits per heavy atom. The fourth-order valence-corrected chi connectivity index (χ4v) is 2.68. The Morgan fingerprint density at radius 2 is 2.10 bits per heavy atom. The second kappa shape index (κ2) is 7.50. The zero-order valence-corrected chi connectivity index (χ0v) is 12.6. The summed E-state index contributed by atoms with van der Waals surface area (Å²) in [4.78, 5) is 0. The predicted octanol–water partition coefficient (Wildman–Crippen LogP) is 2.92. The van der Waals surface area contributed by atoms with E-state index in [-0.39, 0.29) is 12.1 Å². The molecule has 0 radical (unpaired) electrons. The molecule has 4 nitrogen and oxygen atoms in total. The summed E-state index contributed by atoms with van der Waals surface area (Å²) in [5, 5.41) is 3.60. The average Bonchev–Trinajstić information content (AvgIpc) is 3.01. The molecule has 0 amide bonds. The van der Waals surface area contributed by atoms with E-state index < -0.39 is 0 Å². The Morgan fingerprint density at radius 3 is 2.70 bits per heavy atom. The van der Waals surface area contributed by atoms with Gasteiger partial charge in [0, 0.05) is 6.61 Å². The van der Waals surface area contributed by atoms with Crippen molar-refractivity contribution in [2.45, 2.75) is 38.3 Å². The van der Waals surface area contributed by atoms with E-state index in [1.165, 1.54) is 5.56 Å². The highest BCUT2D eigenvalue weighted by Crippen LogP contribution is 2.33. The van der Waals surface area contributed by atoms with Crippen LogP contribution in [0.25, 0.3) is 0 Å². The highest BCUT2D eigenvalue weighted by molar-refractivity contribution is 5.44. The highest BCUT2D eigenvalue weighted by atomic mass is 16.5. The second-order valence-corrected chi connectivity index (χ2v) is 5.10. The maximum Gasteiger partial charge on any atom is 0.161 e. The van der Waals surface area contributed by atoms with Crippen LogP contribution in [0.1, 0.15) is 37.8 Å². The molecule has 0 aliphatic carbocycles. The van der Waals surface area contributed by atoms with Crippen LogP contribution < -0.4 is 14.8 Å². The standard InChI is InChI=1S/C16H25NO3/c1-4-9-17-16(14-6-5-10-20-14)12-7-8-13(18-2)15(11-12)19-3/h7-8,11,14,16-17H,4-6,9-10H2,1-3H3. The van der Waals surface area contributed by atoms with E-state index in [0.717, 1.165) is 43.9 Å². The smallest absolute Gasteiger partial charge is 0.161 e. The summed E-state index contributed by atoms with van der Waals surface area (Å²) < 4.78 is 16.6. The van der Waals surface area contributed by atoms with Gasteiger partial charge in [-0.2, -0.15) is 0 Å². The molecule has 2 atom stereocenters. The quantitative estimate of drug-likeness (QED) is 0.833. The van der Waals surface area contributed by atoms with Crippen molar-refractivity contribution in [3.63, 3.8) is 0 Å². The molecule has 0 spiro atoms. The first-order valence-electron chi connectivity index (χ1n) is 7.37. The van der Waals surface area contributed by atoms with E-state index in [4.69, 9.17) is 14.2 Å². The summed E-state index contributed by atoms with van der Waals surface area (Å²) in [6, 6.07) is 6.32. The van der Waals surface area contributed by atoms with Gasteiger partial charge in [-0.25, -0.2) is 0 Å². The van der Waals surface area contributed by atoms with Gasteiger partial charge < -0.3 is 19.5 Å². The van der Waals surface area contributed by atoms with Crippen LogP contribution >= 0.6 is 0 Å². The highest BCUT2D eigenvalue weighted by Gasteiger charge is 2.27. The molecular weight excluding hydrogens is 254 g/mol. The van der Waals surface area contributed by atoms with Crippen LogP contribution in [0.4, 0.5) is 0 Å². The maximum atomic E-state index is 5.86. The van der Waals surface area contributed by atoms with Crippen molar-refractivity contribution in [2.24, 2.45) is 0 Å². The topological polar surface area (TPSA) is 39.7 Å². The van der Waals surface area contributed by atoms with Crippen molar-refractivity contribution in [1.82, 2.24) is 5.32 Å². The number of benzene rings is 1. The van der Waals surface area contributed by atoms with E-state index in [9.17, 15) is 0 Å². The minimum absolute atomic E-state index is 0.220. The van der Waals surface area contributed by atoms with Crippen LogP contribution in [-0.2, 0) is 4.74 Å². The molecule has 2 unspecified atom stereocenters. The molecule has 2 rings (SSSR count). The molecular formula is C16H25NO3. The fraction of sp³-hybridized carbons (Fsp3) is 0.625. The first kappa shape index (κ1) is 15.1. The third kappa shape index (κ3) is 3.44. The largest absolute Gasteiger partial charge is 0.493 e. The van der Waals surface area contributed by atoms with Crippen molar-refractivity contribution in [3.8, 4) is 11.5 Å². The minimum atomic E-state index is 0.220. The fourth-order valence-electron chi connectivity index (χ4n) is 2.68. The Bertz CT molecular complexity index is 416. The summed E-state index contributed by atoms with van der Waals surface area (Å²) in [5.41, 5.74) is 1.20. The van der Waals surface area contributed by atoms with Gasteiger partial charge in [0.15, 0.2) is 11.5 Å². The molecule has 112 valence electrons. The van der Waals surface area contributed by atoms with Crippen LogP contribution in [0.5, 0.6) is 11.5 Å². The molecule has 4 heteroatoms. The van der Waals surface area contributed by atoms with Crippen molar-refractivity contribution < 1.29 is 14.2 Å². The summed E-state index contributed by atoms with van der Waals surface area (Å²) in [7, 11) is 3.33. The van der Waals surface area contributed by atoms with Crippen LogP contribution in [0, 0.1) is 0 Å². The first-order valence-corrected chi connectivity index (χ1v) is 7.37. The average molecular weight is 279 g/mol. The van der Waals surface area contributed by atoms with E-state index >= 15 is 0 Å². The first-order chi connectivity index (χ1) is 9.80. The molecule has 1 aliphatic heterocycles. The van der Waals surface area contributed by atoms with Gasteiger partial charge in [-0.15, -0.1) is 0 Å². The molecule has 0 aromatic heterocycles. The lowest BCUT2D eigenvalue weighted by Crippen LogP contribution is -2.32. The van der Waals surface area contributed by atoms with Crippen LogP contribution in [-0.4, -0.2) is 33.5 Å². The van der Waals surface area contributed by atoms with Gasteiger partial charge in [-0.1, -0.05) is 13.0 Å². The third-order valence-electron chi connectivity index (χ3n) is 3.72. The predicted molar refractivity (Wildman–Crippen MR) is 79.6 cm³/mol. The lowest BCUT2D eigenvalue weighted by atomic mass is 9.98. The van der Waals surface area contributed by atoms with E-state index in [2.05, 4.69) is 18.3 Å². The van der Waals surface area contributed by atoms with Crippen molar-refractivity contribution in [1.29, 1.82) is 0 Å². The Hall–Kier alpha value is -1.26. The van der Waals surface area contributed by atoms with E-state index in [0.29, 0.717) is 0 Å². The summed E-state index contributed by atoms with van der Waals surface area (Å²) in [6.45, 7) is 4.02. The van der Waals surface area contributed by atoms with Crippen LogP contribution in [0.3, 0.4) is 0 Å². The molecule has 1 fully saturated rings. The van der Waals surface area contributed by atoms with Crippen molar-refractivity contribution in [2.75, 3.05) is 27.4 Å². The molecule has 1 aromatic carbocycles. The zero-order valence-electron chi connectivity index (χ0n) is 12.6. The van der Waals surface area contributed by atoms with Crippen LogP contribution in [0.2, 0.25) is 0 Å². The van der Waals surface area contributed by atoms with Gasteiger partial charge in [0.05, 0.1) is 26.4 Å². The molecule has 1 N–H and O–H groups in total. The molecule has 0 bridgehead atoms. The van der Waals surface area contributed by atoms with Gasteiger partial charge in [0.25, 0.3) is 0 Å². The number of nitrogens with one attached hydrogen (secondary N) is 1. The van der Waals surface area contributed by atoms with Gasteiger partial charge in [-0.3, -0.25) is 0 Å². The Kier molecular flexibility index (Phi) is 5.68. The number of rotatable bonds is 7. The van der Waals surface area contributed by atoms with Gasteiger partial charge in [-0.05, 0) is 43.5 Å². The molecule has 1 heterocycles. The van der Waals surface area contributed by atoms with E-state index in [1.54, 1.807) is 14.2 Å². The SMILES string of the molecule is CCCNC(c1ccc(OC)c(OC)c1)C1CCCO1. The van der Waals surface area contributed by atoms with Crippen LogP contribution in [0.15, 0.2) is 18.2 Å². The zero-order chi connectivity index (χ0) is 14.4. The number of hydrogen-bond acceptors (Lipinski definition) is 4. The number of ether oxygens (including phenoxy) is 3. The lowest BCUT2D eigenvalue weighted by Gasteiger charge is -2.25. The second-order valence-electron chi connectivity index (χ2n) is 5.10. The Balaban J connectivity index is 2.22. The normalized spacial score (nSPS) is 19.9. The molecule has 1 aliphatic rings. The monoisotopic (exact) mass is 279 g/mol. The molecule has 1 aromatic rings. The minimum Gasteiger partial charge on any atom is -0.493 e. The van der Waals surface area contributed by atoms with Crippen molar-refractivity contribution in [3.05, 3.63) is 23.8 Å². The number of hydrogen-bond donors (Lipinski definition) is 1. The molecule has 0 saturated carbocycles. The Labute approximate surface area is 121 Å². The summed E-state index contributed by atoms with van der Waals surface area (Å²) in [6.07, 6.45) is 3.61.